The number of hydrazone groups is 1. The molecule has 9 heteroatoms. The Bertz CT molecular complexity index is 992. The standard InChI is InChI=1S/C18H16BrN5O3/c1-26-15-8-13(9-20-23-16-10-21-24-18(25)22-16)7-14(19)17(15)27-11-12-5-3-2-4-6-12/h2-10H,11H2,1H3,(H2,22,23,24,25)/b20-9+. The summed E-state index contributed by atoms with van der Waals surface area (Å²) in [7, 11) is 1.57. The van der Waals surface area contributed by atoms with Gasteiger partial charge in [-0.05, 0) is 39.2 Å². The zero-order valence-corrected chi connectivity index (χ0v) is 15.9. The van der Waals surface area contributed by atoms with Gasteiger partial charge in [0.05, 0.1) is 24.0 Å². The molecule has 0 aliphatic carbocycles. The molecule has 0 fully saturated rings. The molecule has 3 aromatic rings. The van der Waals surface area contributed by atoms with E-state index >= 15 is 0 Å². The van der Waals surface area contributed by atoms with Crippen molar-refractivity contribution in [2.45, 2.75) is 6.61 Å². The van der Waals surface area contributed by atoms with Gasteiger partial charge >= 0.3 is 5.69 Å². The molecule has 8 nitrogen and oxygen atoms in total. The third kappa shape index (κ3) is 5.14. The van der Waals surface area contributed by atoms with E-state index in [1.54, 1.807) is 19.4 Å². The smallest absolute Gasteiger partial charge is 0.363 e. The number of anilines is 1. The number of aromatic amines is 1. The van der Waals surface area contributed by atoms with Crippen molar-refractivity contribution in [1.29, 1.82) is 0 Å². The van der Waals surface area contributed by atoms with Crippen molar-refractivity contribution in [2.24, 2.45) is 5.10 Å². The number of halogens is 1. The van der Waals surface area contributed by atoms with Crippen LogP contribution in [0.2, 0.25) is 0 Å². The van der Waals surface area contributed by atoms with E-state index in [4.69, 9.17) is 9.47 Å². The number of ether oxygens (including phenoxy) is 2. The summed E-state index contributed by atoms with van der Waals surface area (Å²) in [5, 5.41) is 9.86. The molecule has 27 heavy (non-hydrogen) atoms. The van der Waals surface area contributed by atoms with E-state index in [1.807, 2.05) is 36.4 Å². The first-order chi connectivity index (χ1) is 13.2. The van der Waals surface area contributed by atoms with Crippen molar-refractivity contribution in [3.63, 3.8) is 0 Å². The maximum absolute atomic E-state index is 11.1. The topological polar surface area (TPSA) is 101 Å². The maximum atomic E-state index is 11.1. The molecule has 0 radical (unpaired) electrons. The van der Waals surface area contributed by atoms with Crippen LogP contribution in [0.15, 0.2) is 63.0 Å². The van der Waals surface area contributed by atoms with Crippen LogP contribution in [0.1, 0.15) is 11.1 Å². The molecule has 0 amide bonds. The van der Waals surface area contributed by atoms with E-state index < -0.39 is 5.69 Å². The number of methoxy groups -OCH3 is 1. The van der Waals surface area contributed by atoms with Gasteiger partial charge in [0, 0.05) is 0 Å². The lowest BCUT2D eigenvalue weighted by molar-refractivity contribution is 0.282. The molecule has 0 aliphatic heterocycles. The van der Waals surface area contributed by atoms with Gasteiger partial charge in [-0.15, -0.1) is 0 Å². The van der Waals surface area contributed by atoms with Crippen LogP contribution < -0.4 is 20.6 Å². The van der Waals surface area contributed by atoms with Crippen LogP contribution in [0.3, 0.4) is 0 Å². The van der Waals surface area contributed by atoms with Crippen LogP contribution in [-0.2, 0) is 6.61 Å². The highest BCUT2D eigenvalue weighted by molar-refractivity contribution is 9.10. The van der Waals surface area contributed by atoms with Crippen molar-refractivity contribution in [2.75, 3.05) is 12.5 Å². The van der Waals surface area contributed by atoms with E-state index in [9.17, 15) is 4.79 Å². The third-order valence-corrected chi connectivity index (χ3v) is 4.03. The summed E-state index contributed by atoms with van der Waals surface area (Å²) < 4.78 is 12.1. The van der Waals surface area contributed by atoms with Gasteiger partial charge in [0.1, 0.15) is 6.61 Å². The highest BCUT2D eigenvalue weighted by Crippen LogP contribution is 2.36. The van der Waals surface area contributed by atoms with Crippen molar-refractivity contribution in [3.05, 3.63) is 74.7 Å². The van der Waals surface area contributed by atoms with E-state index in [0.717, 1.165) is 15.6 Å². The number of rotatable bonds is 7. The molecule has 0 saturated heterocycles. The van der Waals surface area contributed by atoms with Crippen LogP contribution >= 0.6 is 15.9 Å². The number of H-pyrrole nitrogens is 1. The zero-order valence-electron chi connectivity index (χ0n) is 14.3. The molecule has 0 saturated carbocycles. The average molecular weight is 430 g/mol. The molecule has 1 aromatic heterocycles. The van der Waals surface area contributed by atoms with Crippen LogP contribution in [0, 0.1) is 0 Å². The molecule has 138 valence electrons. The Morgan fingerprint density at radius 1 is 1.30 bits per heavy atom. The molecule has 2 aromatic carbocycles. The van der Waals surface area contributed by atoms with Crippen LogP contribution in [0.25, 0.3) is 0 Å². The first-order valence-electron chi connectivity index (χ1n) is 7.91. The van der Waals surface area contributed by atoms with E-state index in [-0.39, 0.29) is 5.82 Å². The van der Waals surface area contributed by atoms with E-state index in [2.05, 4.69) is 41.6 Å². The Morgan fingerprint density at radius 3 is 2.85 bits per heavy atom. The van der Waals surface area contributed by atoms with E-state index in [1.165, 1.54) is 6.20 Å². The largest absolute Gasteiger partial charge is 0.493 e. The predicted molar refractivity (Wildman–Crippen MR) is 105 cm³/mol. The lowest BCUT2D eigenvalue weighted by atomic mass is 10.2. The van der Waals surface area contributed by atoms with Gasteiger partial charge < -0.3 is 9.47 Å². The van der Waals surface area contributed by atoms with Crippen molar-refractivity contribution in [1.82, 2.24) is 15.2 Å². The van der Waals surface area contributed by atoms with Crippen LogP contribution in [0.4, 0.5) is 5.82 Å². The second kappa shape index (κ2) is 8.95. The summed E-state index contributed by atoms with van der Waals surface area (Å²) in [6.45, 7) is 0.423. The molecule has 0 atom stereocenters. The lowest BCUT2D eigenvalue weighted by Gasteiger charge is -2.13. The molecule has 0 aliphatic rings. The molecule has 0 unspecified atom stereocenters. The fourth-order valence-corrected chi connectivity index (χ4v) is 2.80. The van der Waals surface area contributed by atoms with Gasteiger partial charge in [-0.1, -0.05) is 30.3 Å². The van der Waals surface area contributed by atoms with Crippen molar-refractivity contribution >= 4 is 28.0 Å². The number of nitrogens with zero attached hydrogens (tertiary/aromatic N) is 3. The SMILES string of the molecule is COc1cc(/C=N/Nc2cn[nH]c(=O)n2)cc(Br)c1OCc1ccccc1. The molecule has 2 N–H and O–H groups in total. The fourth-order valence-electron chi connectivity index (χ4n) is 2.22. The molecular weight excluding hydrogens is 414 g/mol. The summed E-state index contributed by atoms with van der Waals surface area (Å²) in [5.74, 6) is 1.41. The summed E-state index contributed by atoms with van der Waals surface area (Å²) in [6, 6.07) is 13.5. The third-order valence-electron chi connectivity index (χ3n) is 3.44. The molecule has 1 heterocycles. The number of nitrogens with one attached hydrogen (secondary N) is 2. The van der Waals surface area contributed by atoms with Crippen LogP contribution in [-0.4, -0.2) is 28.5 Å². The normalized spacial score (nSPS) is 10.7. The first-order valence-corrected chi connectivity index (χ1v) is 8.70. The maximum Gasteiger partial charge on any atom is 0.363 e. The number of benzene rings is 2. The Kier molecular flexibility index (Phi) is 6.16. The van der Waals surface area contributed by atoms with Crippen LogP contribution in [0.5, 0.6) is 11.5 Å². The van der Waals surface area contributed by atoms with Crippen molar-refractivity contribution < 1.29 is 9.47 Å². The molecule has 0 bridgehead atoms. The van der Waals surface area contributed by atoms with Gasteiger partial charge in [0.2, 0.25) is 0 Å². The summed E-state index contributed by atoms with van der Waals surface area (Å²) >= 11 is 3.50. The Hall–Kier alpha value is -3.20. The Balaban J connectivity index is 1.73. The number of aromatic nitrogens is 3. The number of hydrogen-bond acceptors (Lipinski definition) is 7. The first kappa shape index (κ1) is 18.6. The average Bonchev–Trinajstić information content (AvgIpc) is 2.67. The molecular formula is C18H16BrN5O3. The Labute approximate surface area is 163 Å². The summed E-state index contributed by atoms with van der Waals surface area (Å²) in [5.41, 5.74) is 3.90. The molecule has 0 spiro atoms. The monoisotopic (exact) mass is 429 g/mol. The quantitative estimate of drug-likeness (QED) is 0.442. The number of hydrogen-bond donors (Lipinski definition) is 2. The highest BCUT2D eigenvalue weighted by Gasteiger charge is 2.11. The van der Waals surface area contributed by atoms with Gasteiger partial charge in [-0.2, -0.15) is 15.2 Å². The van der Waals surface area contributed by atoms with Gasteiger partial charge in [0.15, 0.2) is 17.3 Å². The highest BCUT2D eigenvalue weighted by atomic mass is 79.9. The second-order valence-electron chi connectivity index (χ2n) is 5.35. The minimum absolute atomic E-state index is 0.240. The minimum Gasteiger partial charge on any atom is -0.493 e. The lowest BCUT2D eigenvalue weighted by Crippen LogP contribution is -2.13. The van der Waals surface area contributed by atoms with Gasteiger partial charge in [0.25, 0.3) is 0 Å². The summed E-state index contributed by atoms with van der Waals surface area (Å²) in [6.07, 6.45) is 2.92. The molecule has 3 rings (SSSR count). The van der Waals surface area contributed by atoms with Gasteiger partial charge in [-0.3, -0.25) is 5.43 Å². The Morgan fingerprint density at radius 2 is 2.11 bits per heavy atom. The fraction of sp³-hybridized carbons (Fsp3) is 0.111. The second-order valence-corrected chi connectivity index (χ2v) is 6.20. The summed E-state index contributed by atoms with van der Waals surface area (Å²) in [4.78, 5) is 14.8. The van der Waals surface area contributed by atoms with Gasteiger partial charge in [-0.25, -0.2) is 9.89 Å². The predicted octanol–water partition coefficient (Wildman–Crippen LogP) is 2.96. The zero-order chi connectivity index (χ0) is 19.1. The van der Waals surface area contributed by atoms with E-state index in [0.29, 0.717) is 18.1 Å². The minimum atomic E-state index is -0.556. The van der Waals surface area contributed by atoms with Crippen molar-refractivity contribution in [3.8, 4) is 11.5 Å².